The monoisotopic (exact) mass is 939 g/mol. The van der Waals surface area contributed by atoms with E-state index in [1.165, 1.54) is 4.68 Å². The molecule has 4 heterocycles. The average Bonchev–Trinajstić information content (AvgIpc) is 4.02. The van der Waals surface area contributed by atoms with Gasteiger partial charge in [0.2, 0.25) is 5.79 Å². The molecule has 1 aromatic heterocycles. The van der Waals surface area contributed by atoms with E-state index in [0.29, 0.717) is 46.7 Å². The van der Waals surface area contributed by atoms with Crippen LogP contribution in [0.5, 0.6) is 11.5 Å². The number of hydrogen-bond acceptors (Lipinski definition) is 12. The van der Waals surface area contributed by atoms with Crippen molar-refractivity contribution in [2.24, 2.45) is 5.10 Å². The van der Waals surface area contributed by atoms with Gasteiger partial charge in [-0.3, -0.25) is 9.80 Å². The normalized spacial score (nSPS) is 19.3. The molecular weight excluding hydrogens is 880 g/mol. The number of anilines is 2. The largest absolute Gasteiger partial charge is 0.491 e. The Balaban J connectivity index is 0.849. The number of benzene rings is 4. The molecule has 8 rings (SSSR count). The summed E-state index contributed by atoms with van der Waals surface area (Å²) in [7, 11) is 0. The van der Waals surface area contributed by atoms with Crippen LogP contribution in [0.3, 0.4) is 0 Å². The van der Waals surface area contributed by atoms with Crippen LogP contribution in [0.4, 0.5) is 11.4 Å². The maximum atomic E-state index is 12.9. The molecule has 14 nitrogen and oxygen atoms in total. The van der Waals surface area contributed by atoms with E-state index in [-0.39, 0.29) is 43.8 Å². The number of carbonyl (C=O) groups excluding carboxylic acids is 1. The third kappa shape index (κ3) is 10.8. The summed E-state index contributed by atoms with van der Waals surface area (Å²) in [5, 5.41) is 11.5. The van der Waals surface area contributed by atoms with Crippen LogP contribution in [0, 0.1) is 13.8 Å². The van der Waals surface area contributed by atoms with Crippen LogP contribution >= 0.6 is 23.2 Å². The number of halogens is 2. The van der Waals surface area contributed by atoms with Gasteiger partial charge >= 0.3 is 11.7 Å². The number of hydrogen-bond donors (Lipinski definition) is 0. The SMILES string of the molecule is [2H]C1=NN(CC2(c3ccc(Cl)cc3Cl)OCC(COc3ccc(N4CCN(c5ccc(-n6cnn(C(C)CC)c6=O)cc5)CC4)cc3)O2)CN1Cc1cc(C)c(OC(=O)CCCCC)c(C)c1. The maximum Gasteiger partial charge on any atom is 0.350 e. The summed E-state index contributed by atoms with van der Waals surface area (Å²) < 4.78 is 37.2. The summed E-state index contributed by atoms with van der Waals surface area (Å²) in [5.41, 5.74) is 6.22. The summed E-state index contributed by atoms with van der Waals surface area (Å²) in [6, 6.07) is 25.5. The summed E-state index contributed by atoms with van der Waals surface area (Å²) >= 11 is 13.1. The van der Waals surface area contributed by atoms with Crippen LogP contribution in [0.15, 0.2) is 95.1 Å². The van der Waals surface area contributed by atoms with E-state index in [1.54, 1.807) is 34.1 Å². The van der Waals surface area contributed by atoms with Crippen LogP contribution in [0.25, 0.3) is 5.69 Å². The van der Waals surface area contributed by atoms with Gasteiger partial charge in [-0.15, -0.1) is 0 Å². The molecule has 3 atom stereocenters. The van der Waals surface area contributed by atoms with Crippen molar-refractivity contribution in [3.05, 3.63) is 128 Å². The highest BCUT2D eigenvalue weighted by Crippen LogP contribution is 2.41. The standard InChI is InChI=1S/C50H60Cl2N8O6/c1-6-8-9-10-47(61)65-48-35(3)25-38(26-36(48)4)28-55-32-53-58(34-55)31-50(45-20-11-39(51)27-46(45)52)64-30-44(66-50)29-63-43-18-16-41(17-19-43)57-23-21-56(22-24-57)40-12-14-42(15-13-40)59-33-54-60(49(59)62)37(5)7-2/h11-20,25-27,32-33,37,44H,6-10,21-24,28-31,34H2,1-5H3/i32D. The first-order valence-electron chi connectivity index (χ1n) is 23.5. The van der Waals surface area contributed by atoms with Crippen molar-refractivity contribution in [2.75, 3.05) is 62.4 Å². The number of ether oxygens (including phenoxy) is 4. The third-order valence-electron chi connectivity index (χ3n) is 12.5. The molecule has 0 N–H and O–H groups in total. The summed E-state index contributed by atoms with van der Waals surface area (Å²) in [6.45, 7) is 14.8. The quantitative estimate of drug-likeness (QED) is 0.0476. The van der Waals surface area contributed by atoms with E-state index in [2.05, 4.69) is 51.2 Å². The average molecular weight is 941 g/mol. The van der Waals surface area contributed by atoms with Gasteiger partial charge in [0, 0.05) is 61.1 Å². The Morgan fingerprint density at radius 1 is 0.924 bits per heavy atom. The van der Waals surface area contributed by atoms with E-state index in [9.17, 15) is 9.59 Å². The number of piperazine rings is 1. The summed E-state index contributed by atoms with van der Waals surface area (Å²) in [6.07, 6.45) is 5.35. The van der Waals surface area contributed by atoms with Crippen LogP contribution in [-0.4, -0.2) is 95.3 Å². The van der Waals surface area contributed by atoms with Crippen LogP contribution in [0.2, 0.25) is 10.0 Å². The zero-order valence-electron chi connectivity index (χ0n) is 39.4. The van der Waals surface area contributed by atoms with E-state index in [4.69, 9.17) is 43.5 Å². The van der Waals surface area contributed by atoms with Crippen LogP contribution in [0.1, 0.15) is 82.5 Å². The van der Waals surface area contributed by atoms with Crippen molar-refractivity contribution in [1.82, 2.24) is 24.3 Å². The van der Waals surface area contributed by atoms with E-state index in [0.717, 1.165) is 85.6 Å². The number of carbonyl (C=O) groups is 1. The van der Waals surface area contributed by atoms with E-state index in [1.807, 2.05) is 69.0 Å². The molecule has 0 saturated carbocycles. The van der Waals surface area contributed by atoms with Crippen molar-refractivity contribution < 1.29 is 25.1 Å². The molecule has 2 saturated heterocycles. The lowest BCUT2D eigenvalue weighted by atomic mass is 10.0. The second-order valence-corrected chi connectivity index (χ2v) is 18.2. The Kier molecular flexibility index (Phi) is 14.5. The van der Waals surface area contributed by atoms with E-state index < -0.39 is 11.9 Å². The van der Waals surface area contributed by atoms with Crippen molar-refractivity contribution >= 4 is 46.9 Å². The van der Waals surface area contributed by atoms with Gasteiger partial charge in [-0.1, -0.05) is 68.1 Å². The fourth-order valence-electron chi connectivity index (χ4n) is 8.71. The number of rotatable bonds is 18. The Morgan fingerprint density at radius 3 is 2.24 bits per heavy atom. The van der Waals surface area contributed by atoms with Gasteiger partial charge in [0.05, 0.1) is 29.9 Å². The smallest absolute Gasteiger partial charge is 0.350 e. The van der Waals surface area contributed by atoms with Gasteiger partial charge in [0.1, 0.15) is 44.9 Å². The molecular formula is C50H60Cl2N8O6. The molecule has 3 aliphatic rings. The second kappa shape index (κ2) is 21.0. The Labute approximate surface area is 398 Å². The number of esters is 1. The van der Waals surface area contributed by atoms with E-state index >= 15 is 0 Å². The zero-order chi connectivity index (χ0) is 47.2. The van der Waals surface area contributed by atoms with Crippen molar-refractivity contribution in [2.45, 2.75) is 91.2 Å². The second-order valence-electron chi connectivity index (χ2n) is 17.4. The number of hydrazone groups is 1. The lowest BCUT2D eigenvalue weighted by Crippen LogP contribution is -2.46. The summed E-state index contributed by atoms with van der Waals surface area (Å²) in [4.78, 5) is 32.0. The molecule has 350 valence electrons. The molecule has 2 fully saturated rings. The molecule has 0 radical (unpaired) electrons. The minimum Gasteiger partial charge on any atom is -0.491 e. The lowest BCUT2D eigenvalue weighted by Gasteiger charge is -2.37. The summed E-state index contributed by atoms with van der Waals surface area (Å²) in [5.74, 6) is -0.224. The minimum absolute atomic E-state index is 0.0482. The molecule has 66 heavy (non-hydrogen) atoms. The molecule has 16 heteroatoms. The predicted molar refractivity (Wildman–Crippen MR) is 259 cm³/mol. The Morgan fingerprint density at radius 2 is 1.59 bits per heavy atom. The maximum absolute atomic E-state index is 12.9. The van der Waals surface area contributed by atoms with Crippen molar-refractivity contribution in [3.63, 3.8) is 0 Å². The van der Waals surface area contributed by atoms with Gasteiger partial charge in [0.15, 0.2) is 0 Å². The molecule has 3 unspecified atom stereocenters. The van der Waals surface area contributed by atoms with Gasteiger partial charge < -0.3 is 33.6 Å². The molecule has 0 bridgehead atoms. The molecule has 0 spiro atoms. The van der Waals surface area contributed by atoms with Gasteiger partial charge in [-0.2, -0.15) is 10.2 Å². The highest BCUT2D eigenvalue weighted by molar-refractivity contribution is 6.35. The molecule has 4 aromatic carbocycles. The fourth-order valence-corrected chi connectivity index (χ4v) is 9.26. The Hall–Kier alpha value is -5.54. The number of amidine groups is 1. The number of unbranched alkanes of at least 4 members (excludes halogenated alkanes) is 2. The molecule has 0 amide bonds. The highest BCUT2D eigenvalue weighted by Gasteiger charge is 2.47. The van der Waals surface area contributed by atoms with Crippen LogP contribution in [-0.2, 0) is 26.6 Å². The highest BCUT2D eigenvalue weighted by atomic mass is 35.5. The van der Waals surface area contributed by atoms with Crippen LogP contribution < -0.4 is 25.0 Å². The van der Waals surface area contributed by atoms with Gasteiger partial charge in [-0.05, 0) is 111 Å². The number of aryl methyl sites for hydroxylation is 2. The zero-order valence-corrected chi connectivity index (χ0v) is 39.9. The molecule has 3 aliphatic heterocycles. The number of aromatic nitrogens is 3. The first kappa shape index (κ1) is 45.6. The van der Waals surface area contributed by atoms with Crippen molar-refractivity contribution in [3.8, 4) is 17.2 Å². The van der Waals surface area contributed by atoms with Gasteiger partial charge in [0.25, 0.3) is 0 Å². The molecule has 0 aliphatic carbocycles. The first-order chi connectivity index (χ1) is 32.3. The lowest BCUT2D eigenvalue weighted by molar-refractivity contribution is -0.192. The fraction of sp³-hybridized carbons (Fsp3) is 0.440. The molecule has 5 aromatic rings. The third-order valence-corrected chi connectivity index (χ3v) is 13.0. The minimum atomic E-state index is -1.31. The topological polar surface area (TPSA) is 119 Å². The van der Waals surface area contributed by atoms with Crippen molar-refractivity contribution in [1.29, 1.82) is 0 Å². The van der Waals surface area contributed by atoms with Gasteiger partial charge in [-0.25, -0.2) is 14.0 Å². The Bertz CT molecular complexity index is 2580. The first-order valence-corrected chi connectivity index (χ1v) is 23.7. The predicted octanol–water partition coefficient (Wildman–Crippen LogP) is 9.11. The number of nitrogens with zero attached hydrogens (tertiary/aromatic N) is 8.